The summed E-state index contributed by atoms with van der Waals surface area (Å²) >= 11 is 0. The van der Waals surface area contributed by atoms with Crippen molar-refractivity contribution in [2.24, 2.45) is 23.2 Å². The molecule has 34 heavy (non-hydrogen) atoms. The zero-order valence-corrected chi connectivity index (χ0v) is 20.2. The fraction of sp³-hybridized carbons (Fsp3) is 0.714. The third-order valence-corrected chi connectivity index (χ3v) is 9.77. The van der Waals surface area contributed by atoms with E-state index in [-0.39, 0.29) is 29.5 Å². The van der Waals surface area contributed by atoms with Crippen LogP contribution < -0.4 is 5.32 Å². The van der Waals surface area contributed by atoms with Crippen LogP contribution >= 0.6 is 0 Å². The molecular formula is C28H39N3O3. The van der Waals surface area contributed by atoms with E-state index >= 15 is 0 Å². The van der Waals surface area contributed by atoms with Crippen LogP contribution in [0.25, 0.3) is 0 Å². The smallest absolute Gasteiger partial charge is 0.320 e. The zero-order valence-electron chi connectivity index (χ0n) is 20.2. The van der Waals surface area contributed by atoms with Gasteiger partial charge in [-0.3, -0.25) is 4.79 Å². The molecule has 2 heterocycles. The predicted octanol–water partition coefficient (Wildman–Crippen LogP) is 3.75. The van der Waals surface area contributed by atoms with Gasteiger partial charge in [0.05, 0.1) is 11.5 Å². The van der Waals surface area contributed by atoms with E-state index in [4.69, 9.17) is 0 Å². The van der Waals surface area contributed by atoms with Crippen LogP contribution in [0.5, 0.6) is 0 Å². The summed E-state index contributed by atoms with van der Waals surface area (Å²) in [5.74, 6) is 1.95. The van der Waals surface area contributed by atoms with E-state index in [9.17, 15) is 14.7 Å². The van der Waals surface area contributed by atoms with Crippen molar-refractivity contribution in [1.82, 2.24) is 15.1 Å². The third kappa shape index (κ3) is 4.02. The predicted molar refractivity (Wildman–Crippen MR) is 130 cm³/mol. The van der Waals surface area contributed by atoms with Crippen molar-refractivity contribution in [3.63, 3.8) is 0 Å². The standard InChI is InChI=1S/C28H39N3O3/c32-25-22-13-19-14-23(25)17-28(15-19,16-22)26(33)29-24-7-4-10-31(18-24)27(34)30-11-8-21(9-12-30)20-5-2-1-3-6-20/h1-3,5-6,19,21-25,32H,4,7-18H2,(H,29,33)/t19?,22?,23?,24-,25?,28?/m0/s1. The van der Waals surface area contributed by atoms with Crippen molar-refractivity contribution >= 4 is 11.9 Å². The number of hydrogen-bond donors (Lipinski definition) is 2. The van der Waals surface area contributed by atoms with Crippen LogP contribution in [0, 0.1) is 23.2 Å². The minimum absolute atomic E-state index is 0.0463. The number of amides is 3. The highest BCUT2D eigenvalue weighted by Gasteiger charge is 2.58. The molecule has 6 nitrogen and oxygen atoms in total. The van der Waals surface area contributed by atoms with Gasteiger partial charge < -0.3 is 20.2 Å². The lowest BCUT2D eigenvalue weighted by Gasteiger charge is -2.58. The number of hydrogen-bond acceptors (Lipinski definition) is 3. The molecule has 6 aliphatic rings. The van der Waals surface area contributed by atoms with E-state index in [0.717, 1.165) is 77.4 Å². The molecule has 3 atom stereocenters. The van der Waals surface area contributed by atoms with Crippen LogP contribution in [0.4, 0.5) is 4.79 Å². The van der Waals surface area contributed by atoms with Gasteiger partial charge in [-0.05, 0) is 87.0 Å². The summed E-state index contributed by atoms with van der Waals surface area (Å²) in [4.78, 5) is 30.8. The summed E-state index contributed by atoms with van der Waals surface area (Å²) in [5, 5.41) is 13.9. The van der Waals surface area contributed by atoms with Crippen molar-refractivity contribution in [2.45, 2.75) is 75.9 Å². The average Bonchev–Trinajstić information content (AvgIpc) is 2.87. The zero-order chi connectivity index (χ0) is 23.3. The fourth-order valence-corrected chi connectivity index (χ4v) is 8.21. The number of carbonyl (C=O) groups is 2. The Morgan fingerprint density at radius 1 is 0.912 bits per heavy atom. The summed E-state index contributed by atoms with van der Waals surface area (Å²) < 4.78 is 0. The summed E-state index contributed by atoms with van der Waals surface area (Å²) in [5.41, 5.74) is 1.11. The third-order valence-electron chi connectivity index (χ3n) is 9.77. The number of aliphatic hydroxyl groups is 1. The molecular weight excluding hydrogens is 426 g/mol. The Kier molecular flexibility index (Phi) is 5.83. The molecule has 7 rings (SSSR count). The first-order valence-electron chi connectivity index (χ1n) is 13.6. The van der Waals surface area contributed by atoms with Crippen LogP contribution in [0.3, 0.4) is 0 Å². The molecule has 2 N–H and O–H groups in total. The molecule has 4 saturated carbocycles. The number of nitrogens with zero attached hydrogens (tertiary/aromatic N) is 2. The highest BCUT2D eigenvalue weighted by atomic mass is 16.3. The monoisotopic (exact) mass is 465 g/mol. The van der Waals surface area contributed by atoms with Gasteiger partial charge in [-0.1, -0.05) is 30.3 Å². The molecule has 3 amide bonds. The molecule has 2 saturated heterocycles. The number of urea groups is 1. The van der Waals surface area contributed by atoms with Gasteiger partial charge in [0.25, 0.3) is 0 Å². The van der Waals surface area contributed by atoms with Gasteiger partial charge in [-0.2, -0.15) is 0 Å². The van der Waals surface area contributed by atoms with E-state index in [1.165, 1.54) is 5.56 Å². The number of nitrogens with one attached hydrogen (secondary N) is 1. The Morgan fingerprint density at radius 2 is 1.62 bits per heavy atom. The van der Waals surface area contributed by atoms with Crippen LogP contribution in [-0.2, 0) is 4.79 Å². The summed E-state index contributed by atoms with van der Waals surface area (Å²) in [6.45, 7) is 3.02. The Balaban J connectivity index is 1.04. The Labute approximate surface area is 203 Å². The van der Waals surface area contributed by atoms with Gasteiger partial charge in [0.2, 0.25) is 5.91 Å². The first-order valence-corrected chi connectivity index (χ1v) is 13.6. The van der Waals surface area contributed by atoms with Crippen molar-refractivity contribution < 1.29 is 14.7 Å². The summed E-state index contributed by atoms with van der Waals surface area (Å²) in [6.07, 6.45) is 8.59. The quantitative estimate of drug-likeness (QED) is 0.714. The minimum atomic E-state index is -0.276. The molecule has 6 heteroatoms. The number of benzene rings is 1. The van der Waals surface area contributed by atoms with Crippen molar-refractivity contribution in [3.8, 4) is 0 Å². The van der Waals surface area contributed by atoms with Gasteiger partial charge in [-0.25, -0.2) is 4.79 Å². The molecule has 1 aromatic carbocycles. The van der Waals surface area contributed by atoms with Crippen LogP contribution in [-0.4, -0.2) is 65.2 Å². The van der Waals surface area contributed by atoms with Crippen molar-refractivity contribution in [3.05, 3.63) is 35.9 Å². The lowest BCUT2D eigenvalue weighted by molar-refractivity contribution is -0.163. The van der Waals surface area contributed by atoms with Gasteiger partial charge in [0.1, 0.15) is 0 Å². The summed E-state index contributed by atoms with van der Waals surface area (Å²) in [6, 6.07) is 10.8. The second-order valence-corrected chi connectivity index (χ2v) is 12.0. The molecule has 0 spiro atoms. The highest BCUT2D eigenvalue weighted by Crippen LogP contribution is 2.60. The van der Waals surface area contributed by atoms with E-state index in [0.29, 0.717) is 30.2 Å². The second kappa shape index (κ2) is 8.85. The van der Waals surface area contributed by atoms with Gasteiger partial charge in [-0.15, -0.1) is 0 Å². The Bertz CT molecular complexity index is 897. The lowest BCUT2D eigenvalue weighted by Crippen LogP contribution is -2.61. The molecule has 0 radical (unpaired) electrons. The topological polar surface area (TPSA) is 72.9 Å². The fourth-order valence-electron chi connectivity index (χ4n) is 8.21. The van der Waals surface area contributed by atoms with E-state index in [1.807, 2.05) is 9.80 Å². The Hall–Kier alpha value is -2.08. The number of carbonyl (C=O) groups excluding carboxylic acids is 2. The van der Waals surface area contributed by atoms with Crippen LogP contribution in [0.15, 0.2) is 30.3 Å². The van der Waals surface area contributed by atoms with Crippen molar-refractivity contribution in [1.29, 1.82) is 0 Å². The van der Waals surface area contributed by atoms with Gasteiger partial charge >= 0.3 is 6.03 Å². The maximum atomic E-state index is 13.5. The van der Waals surface area contributed by atoms with E-state index in [2.05, 4.69) is 35.6 Å². The number of aliphatic hydroxyl groups excluding tert-OH is 1. The van der Waals surface area contributed by atoms with Gasteiger partial charge in [0.15, 0.2) is 0 Å². The molecule has 184 valence electrons. The molecule has 6 fully saturated rings. The van der Waals surface area contributed by atoms with Crippen molar-refractivity contribution in [2.75, 3.05) is 26.2 Å². The number of piperidine rings is 2. The Morgan fingerprint density at radius 3 is 2.32 bits per heavy atom. The molecule has 4 aliphatic carbocycles. The first kappa shape index (κ1) is 22.4. The molecule has 0 aromatic heterocycles. The van der Waals surface area contributed by atoms with Crippen LogP contribution in [0.1, 0.15) is 69.3 Å². The lowest BCUT2D eigenvalue weighted by atomic mass is 9.48. The van der Waals surface area contributed by atoms with Crippen LogP contribution in [0.2, 0.25) is 0 Å². The maximum absolute atomic E-state index is 13.5. The molecule has 2 unspecified atom stereocenters. The normalized spacial score (nSPS) is 37.6. The number of rotatable bonds is 3. The summed E-state index contributed by atoms with van der Waals surface area (Å²) in [7, 11) is 0. The molecule has 4 bridgehead atoms. The van der Waals surface area contributed by atoms with Gasteiger partial charge in [0, 0.05) is 32.2 Å². The molecule has 2 aliphatic heterocycles. The average molecular weight is 466 g/mol. The molecule has 1 aromatic rings. The minimum Gasteiger partial charge on any atom is -0.393 e. The van der Waals surface area contributed by atoms with E-state index < -0.39 is 0 Å². The SMILES string of the molecule is O=C(N1CCC(c2ccccc2)CC1)N1CCC[C@H](NC(=O)C23CC4CC(C2)C(O)C(C4)C3)C1. The first-order chi connectivity index (χ1) is 16.5. The second-order valence-electron chi connectivity index (χ2n) is 12.0. The maximum Gasteiger partial charge on any atom is 0.320 e. The highest BCUT2D eigenvalue weighted by molar-refractivity contribution is 5.83. The largest absolute Gasteiger partial charge is 0.393 e. The number of likely N-dealkylation sites (tertiary alicyclic amines) is 2. The van der Waals surface area contributed by atoms with E-state index in [1.54, 1.807) is 0 Å².